The maximum absolute atomic E-state index is 5.26. The molecule has 0 atom stereocenters. The molecule has 2 heterocycles. The number of anilines is 3. The van der Waals surface area contributed by atoms with Gasteiger partial charge in [0.1, 0.15) is 0 Å². The van der Waals surface area contributed by atoms with Gasteiger partial charge in [-0.25, -0.2) is 4.98 Å². The van der Waals surface area contributed by atoms with Gasteiger partial charge >= 0.3 is 0 Å². The molecule has 0 saturated heterocycles. The lowest BCUT2D eigenvalue weighted by Crippen LogP contribution is -2.14. The van der Waals surface area contributed by atoms with Crippen molar-refractivity contribution in [3.63, 3.8) is 0 Å². The van der Waals surface area contributed by atoms with Crippen molar-refractivity contribution in [1.82, 2.24) is 9.55 Å². The average Bonchev–Trinajstić information content (AvgIpc) is 3.69. The van der Waals surface area contributed by atoms with Gasteiger partial charge < -0.3 is 0 Å². The summed E-state index contributed by atoms with van der Waals surface area (Å²) in [4.78, 5) is 7.58. The van der Waals surface area contributed by atoms with Crippen LogP contribution in [0.5, 0.6) is 0 Å². The average molecular weight is 636 g/mol. The molecule has 0 unspecified atom stereocenters. The lowest BCUT2D eigenvalue weighted by atomic mass is 9.93. The Bertz CT molecular complexity index is 2790. The highest BCUT2D eigenvalue weighted by atomic mass is 15.3. The van der Waals surface area contributed by atoms with Gasteiger partial charge in [-0.1, -0.05) is 140 Å². The standard InChI is InChI=1S/C47H29N3/c1-2-14-36-35(13-1)40-18-10-17-39-34(27-28-41(36)46(39)40)31-25-23-30(24-26-31)32-11-9-12-33(29-32)49-43-20-6-3-15-37(43)38-16-4-7-21-44(38)50-45-22-8-5-19-42(45)48-47(49)50/h1-29H. The number of imidazole rings is 1. The third kappa shape index (κ3) is 3.83. The van der Waals surface area contributed by atoms with Crippen molar-refractivity contribution in [2.45, 2.75) is 0 Å². The van der Waals surface area contributed by atoms with E-state index in [0.29, 0.717) is 0 Å². The first-order chi connectivity index (χ1) is 24.8. The van der Waals surface area contributed by atoms with Crippen molar-refractivity contribution in [1.29, 1.82) is 0 Å². The molecule has 0 bridgehead atoms. The van der Waals surface area contributed by atoms with Gasteiger partial charge in [-0.3, -0.25) is 9.47 Å². The summed E-state index contributed by atoms with van der Waals surface area (Å²) in [6.45, 7) is 0. The fourth-order valence-corrected chi connectivity index (χ4v) is 8.28. The molecule has 0 radical (unpaired) electrons. The van der Waals surface area contributed by atoms with Gasteiger partial charge in [-0.15, -0.1) is 0 Å². The van der Waals surface area contributed by atoms with Gasteiger partial charge in [0.05, 0.1) is 22.4 Å². The molecule has 0 N–H and O–H groups in total. The lowest BCUT2D eigenvalue weighted by molar-refractivity contribution is 1.05. The fourth-order valence-electron chi connectivity index (χ4n) is 8.28. The van der Waals surface area contributed by atoms with E-state index in [-0.39, 0.29) is 0 Å². The highest BCUT2D eigenvalue weighted by Crippen LogP contribution is 2.50. The van der Waals surface area contributed by atoms with Crippen molar-refractivity contribution in [3.8, 4) is 61.3 Å². The minimum atomic E-state index is 0.880. The second-order valence-electron chi connectivity index (χ2n) is 13.2. The van der Waals surface area contributed by atoms with Crippen LogP contribution in [-0.2, 0) is 0 Å². The number of hydrogen-bond acceptors (Lipinski definition) is 2. The molecule has 0 spiro atoms. The van der Waals surface area contributed by atoms with Crippen molar-refractivity contribution < 1.29 is 0 Å². The summed E-state index contributed by atoms with van der Waals surface area (Å²) in [6.07, 6.45) is 0. The SMILES string of the molecule is c1cc(-c2ccc(-c3ccc4c5c(cccc35)-c3ccccc3-4)cc2)cc(N2c3ccccc3-c3ccccc3-n3c2nc2ccccc23)c1. The van der Waals surface area contributed by atoms with E-state index in [1.165, 1.54) is 60.8 Å². The maximum atomic E-state index is 5.26. The van der Waals surface area contributed by atoms with Crippen LogP contribution in [0.3, 0.4) is 0 Å². The summed E-state index contributed by atoms with van der Waals surface area (Å²) in [7, 11) is 0. The Balaban J connectivity index is 1.03. The number of benzene rings is 8. The third-order valence-electron chi connectivity index (χ3n) is 10.5. The molecule has 1 aromatic heterocycles. The number of aromatic nitrogens is 2. The van der Waals surface area contributed by atoms with Crippen LogP contribution in [0, 0.1) is 0 Å². The predicted molar refractivity (Wildman–Crippen MR) is 208 cm³/mol. The van der Waals surface area contributed by atoms with Crippen molar-refractivity contribution in [2.75, 3.05) is 4.90 Å². The lowest BCUT2D eigenvalue weighted by Gasteiger charge is -2.25. The largest absolute Gasteiger partial charge is 0.280 e. The second kappa shape index (κ2) is 10.4. The number of fused-ring (bicyclic) bond motifs is 10. The van der Waals surface area contributed by atoms with Crippen LogP contribution in [0.25, 0.3) is 83.1 Å². The molecule has 0 amide bonds. The molecule has 1 aliphatic carbocycles. The van der Waals surface area contributed by atoms with Crippen LogP contribution in [0.2, 0.25) is 0 Å². The first-order valence-corrected chi connectivity index (χ1v) is 17.1. The van der Waals surface area contributed by atoms with Gasteiger partial charge in [0.25, 0.3) is 0 Å². The molecule has 232 valence electrons. The van der Waals surface area contributed by atoms with Crippen molar-refractivity contribution >= 4 is 39.1 Å². The zero-order valence-electron chi connectivity index (χ0n) is 27.1. The van der Waals surface area contributed by atoms with E-state index in [2.05, 4.69) is 185 Å². The number of nitrogens with zero attached hydrogens (tertiary/aromatic N) is 3. The number of rotatable bonds is 3. The molecule has 2 aliphatic rings. The Hall–Kier alpha value is -6.71. The molecule has 50 heavy (non-hydrogen) atoms. The summed E-state index contributed by atoms with van der Waals surface area (Å²) in [5, 5.41) is 2.66. The van der Waals surface area contributed by atoms with E-state index in [4.69, 9.17) is 4.98 Å². The molecule has 9 aromatic rings. The zero-order chi connectivity index (χ0) is 32.8. The van der Waals surface area contributed by atoms with E-state index < -0.39 is 0 Å². The number of hydrogen-bond donors (Lipinski definition) is 0. The van der Waals surface area contributed by atoms with E-state index in [1.54, 1.807) is 0 Å². The summed E-state index contributed by atoms with van der Waals surface area (Å²) >= 11 is 0. The van der Waals surface area contributed by atoms with Crippen LogP contribution < -0.4 is 4.90 Å². The fraction of sp³-hybridized carbons (Fsp3) is 0. The van der Waals surface area contributed by atoms with Gasteiger partial charge in [-0.05, 0) is 91.7 Å². The van der Waals surface area contributed by atoms with E-state index in [1.807, 2.05) is 0 Å². The normalized spacial score (nSPS) is 12.4. The van der Waals surface area contributed by atoms with Crippen molar-refractivity contribution in [2.24, 2.45) is 0 Å². The zero-order valence-corrected chi connectivity index (χ0v) is 27.1. The molecule has 3 heteroatoms. The van der Waals surface area contributed by atoms with Gasteiger partial charge in [0.15, 0.2) is 0 Å². The monoisotopic (exact) mass is 635 g/mol. The minimum Gasteiger partial charge on any atom is -0.280 e. The Kier molecular flexibility index (Phi) is 5.67. The Morgan fingerprint density at radius 3 is 1.80 bits per heavy atom. The van der Waals surface area contributed by atoms with Crippen LogP contribution in [0.4, 0.5) is 17.3 Å². The minimum absolute atomic E-state index is 0.880. The van der Waals surface area contributed by atoms with E-state index in [9.17, 15) is 0 Å². The van der Waals surface area contributed by atoms with Gasteiger partial charge in [0, 0.05) is 16.8 Å². The quantitative estimate of drug-likeness (QED) is 0.193. The molecule has 3 nitrogen and oxygen atoms in total. The number of para-hydroxylation sites is 4. The van der Waals surface area contributed by atoms with Crippen LogP contribution >= 0.6 is 0 Å². The van der Waals surface area contributed by atoms with Crippen LogP contribution in [0.1, 0.15) is 0 Å². The molecular formula is C47H29N3. The Morgan fingerprint density at radius 2 is 0.980 bits per heavy atom. The van der Waals surface area contributed by atoms with Gasteiger partial charge in [0.2, 0.25) is 5.95 Å². The van der Waals surface area contributed by atoms with E-state index in [0.717, 1.165) is 39.6 Å². The van der Waals surface area contributed by atoms with E-state index >= 15 is 0 Å². The highest BCUT2D eigenvalue weighted by Gasteiger charge is 2.29. The molecule has 1 aliphatic heterocycles. The molecule has 0 fully saturated rings. The topological polar surface area (TPSA) is 21.1 Å². The molecule has 0 saturated carbocycles. The van der Waals surface area contributed by atoms with Crippen molar-refractivity contribution in [3.05, 3.63) is 176 Å². The smallest absolute Gasteiger partial charge is 0.220 e. The summed E-state index contributed by atoms with van der Waals surface area (Å²) in [6, 6.07) is 63.7. The first kappa shape index (κ1) is 27.3. The summed E-state index contributed by atoms with van der Waals surface area (Å²) in [5.41, 5.74) is 17.9. The Labute approximate surface area is 290 Å². The summed E-state index contributed by atoms with van der Waals surface area (Å²) in [5.74, 6) is 0.880. The molecule has 11 rings (SSSR count). The summed E-state index contributed by atoms with van der Waals surface area (Å²) < 4.78 is 2.31. The highest BCUT2D eigenvalue weighted by molar-refractivity contribution is 6.18. The van der Waals surface area contributed by atoms with Crippen LogP contribution in [-0.4, -0.2) is 9.55 Å². The maximum Gasteiger partial charge on any atom is 0.220 e. The predicted octanol–water partition coefficient (Wildman–Crippen LogP) is 12.6. The molecular weight excluding hydrogens is 607 g/mol. The Morgan fingerprint density at radius 1 is 0.380 bits per heavy atom. The third-order valence-corrected chi connectivity index (χ3v) is 10.5. The second-order valence-corrected chi connectivity index (χ2v) is 13.2. The first-order valence-electron chi connectivity index (χ1n) is 17.1. The molecule has 8 aromatic carbocycles. The van der Waals surface area contributed by atoms with Gasteiger partial charge in [-0.2, -0.15) is 0 Å². The van der Waals surface area contributed by atoms with Crippen LogP contribution in [0.15, 0.2) is 176 Å².